The fraction of sp³-hybridized carbons (Fsp3) is 0.500. The molecule has 0 radical (unpaired) electrons. The van der Waals surface area contributed by atoms with Crippen LogP contribution in [0.4, 0.5) is 0 Å². The quantitative estimate of drug-likeness (QED) is 0.0570. The minimum absolute atomic E-state index is 0. The van der Waals surface area contributed by atoms with Gasteiger partial charge in [0.25, 0.3) is 0 Å². The molecule has 5 heterocycles. The van der Waals surface area contributed by atoms with Gasteiger partial charge in [0, 0.05) is 62.0 Å². The number of aliphatic hydroxyl groups is 1. The first-order chi connectivity index (χ1) is 30.6. The summed E-state index contributed by atoms with van der Waals surface area (Å²) in [5.74, 6) is 4.04. The molecule has 0 atom stereocenters. The van der Waals surface area contributed by atoms with Crippen molar-refractivity contribution in [3.63, 3.8) is 0 Å². The molecule has 5 aromatic rings. The van der Waals surface area contributed by atoms with E-state index in [-0.39, 0.29) is 39.4 Å². The highest BCUT2D eigenvalue weighted by molar-refractivity contribution is 9.52. The van der Waals surface area contributed by atoms with Crippen LogP contribution in [-0.4, -0.2) is 86.2 Å². The fourth-order valence-electron chi connectivity index (χ4n) is 4.94. The van der Waals surface area contributed by atoms with E-state index < -0.39 is 13.1 Å². The first-order valence-electron chi connectivity index (χ1n) is 20.0. The Morgan fingerprint density at radius 3 is 1.15 bits per heavy atom. The van der Waals surface area contributed by atoms with Gasteiger partial charge in [-0.05, 0) is 206 Å². The van der Waals surface area contributed by atoms with Crippen LogP contribution in [0.1, 0.15) is 147 Å². The zero-order chi connectivity index (χ0) is 46.6. The molecule has 66 heavy (non-hydrogen) atoms. The van der Waals surface area contributed by atoms with Crippen molar-refractivity contribution in [2.75, 3.05) is 7.11 Å². The molecule has 0 saturated heterocycles. The molecule has 3 N–H and O–H groups in total. The maximum Gasteiger partial charge on any atom is 0.454 e. The van der Waals surface area contributed by atoms with Crippen LogP contribution in [0.2, 0.25) is 16.4 Å². The lowest BCUT2D eigenvalue weighted by Crippen LogP contribution is -2.09. The Morgan fingerprint density at radius 1 is 0.606 bits per heavy atom. The average molecular weight is 1340 g/mol. The number of esters is 1. The molecule has 0 spiro atoms. The third-order valence-corrected chi connectivity index (χ3v) is 10.5. The van der Waals surface area contributed by atoms with Crippen molar-refractivity contribution >= 4 is 132 Å². The van der Waals surface area contributed by atoms with Gasteiger partial charge in [0.1, 0.15) is 12.4 Å². The highest BCUT2D eigenvalue weighted by atomic mass is 80.0. The Kier molecular flexibility index (Phi) is 28.8. The summed E-state index contributed by atoms with van der Waals surface area (Å²) < 4.78 is 5.07. The highest BCUT2D eigenvalue weighted by Crippen LogP contribution is 2.42. The standard InChI is InChI=1S/C9H10N2O2.C8H9BrN2.C8H10N2O.C7H7ClN2.C4H2BrClN2.C3H7BO2.CBr4.2CH4/c1-13-9(12)8-10-4-7(5-11-8)6-2-3-6;9-3-8-10-4-7(5-11-8)6-1-2-6;11-5-8-9-3-7(4-10-8)6-1-2-6;8-7-9-3-6(4-10-7)5-1-2-5;5-3-1-7-4(6)8-2-3;5-4(6)3-1-2-3;2-1(3,4)5;;/h4-6H,2-3H2,1H3;4-6H,1-3H2;3-4,6,11H,1-2,5H2;3-5H,1-2H2;1-2H;3,5-6H,1-2H2;;2*1H4. The summed E-state index contributed by atoms with van der Waals surface area (Å²) in [5, 5.41) is 26.5. The Bertz CT molecular complexity index is 2020. The van der Waals surface area contributed by atoms with Crippen molar-refractivity contribution in [1.29, 1.82) is 0 Å². The Balaban J connectivity index is 0.000000268. The predicted octanol–water partition coefficient (Wildman–Crippen LogP) is 12.2. The number of halogens is 8. The molecule has 5 saturated carbocycles. The number of hydrogen-bond donors (Lipinski definition) is 3. The van der Waals surface area contributed by atoms with Crippen molar-refractivity contribution in [3.8, 4) is 0 Å². The monoisotopic (exact) mass is 1330 g/mol. The van der Waals surface area contributed by atoms with Crippen molar-refractivity contribution in [2.45, 2.75) is 122 Å². The second kappa shape index (κ2) is 31.5. The average Bonchev–Trinajstić information content (AvgIpc) is 4.09. The number of aliphatic hydroxyl groups excluding tert-OH is 1. The van der Waals surface area contributed by atoms with E-state index >= 15 is 0 Å². The molecule has 5 fully saturated rings. The van der Waals surface area contributed by atoms with Gasteiger partial charge >= 0.3 is 13.1 Å². The van der Waals surface area contributed by atoms with E-state index in [1.807, 2.05) is 37.2 Å². The van der Waals surface area contributed by atoms with Crippen LogP contribution in [0.5, 0.6) is 0 Å². The minimum Gasteiger partial charge on any atom is -0.463 e. The third-order valence-electron chi connectivity index (χ3n) is 9.22. The summed E-state index contributed by atoms with van der Waals surface area (Å²) in [6.07, 6.45) is 29.9. The maximum absolute atomic E-state index is 11.0. The molecule has 0 bridgehead atoms. The third kappa shape index (κ3) is 26.9. The molecular formula is C42H53BBr6Cl2N10O5. The van der Waals surface area contributed by atoms with E-state index in [0.717, 1.165) is 45.9 Å². The fourth-order valence-corrected chi connectivity index (χ4v) is 5.63. The number of alkyl halides is 5. The number of hydrogen-bond acceptors (Lipinski definition) is 15. The Hall–Kier alpha value is -1.73. The van der Waals surface area contributed by atoms with Gasteiger partial charge < -0.3 is 19.9 Å². The molecule has 0 amide bonds. The summed E-state index contributed by atoms with van der Waals surface area (Å²) in [6.45, 7) is -0.0645. The largest absolute Gasteiger partial charge is 0.463 e. The summed E-state index contributed by atoms with van der Waals surface area (Å²) in [5.41, 5.74) is 4.86. The van der Waals surface area contributed by atoms with Gasteiger partial charge in [0.2, 0.25) is 16.4 Å². The van der Waals surface area contributed by atoms with Crippen molar-refractivity contribution in [1.82, 2.24) is 49.8 Å². The van der Waals surface area contributed by atoms with E-state index in [2.05, 4.69) is 150 Å². The van der Waals surface area contributed by atoms with Crippen LogP contribution in [0.3, 0.4) is 0 Å². The molecule has 5 aliphatic carbocycles. The van der Waals surface area contributed by atoms with Gasteiger partial charge in [-0.3, -0.25) is 0 Å². The van der Waals surface area contributed by atoms with Gasteiger partial charge in [0.15, 0.2) is 6.88 Å². The van der Waals surface area contributed by atoms with Crippen LogP contribution >= 0.6 is 119 Å². The SMILES string of the molecule is BrC(Br)(Br)Br.BrCc1ncc(C2CC2)cn1.C.C.COC(=O)c1ncc(C2CC2)cn1.Clc1ncc(Br)cn1.Clc1ncc(C2CC2)cn1.OB(O)C1CC1.OCc1ncc(C2CC2)cn1. The van der Waals surface area contributed by atoms with E-state index in [1.165, 1.54) is 75.2 Å². The lowest BCUT2D eigenvalue weighted by atomic mass is 9.84. The van der Waals surface area contributed by atoms with Gasteiger partial charge in [-0.2, -0.15) is 0 Å². The second-order valence-corrected chi connectivity index (χ2v) is 28.0. The summed E-state index contributed by atoms with van der Waals surface area (Å²) in [6, 6.07) is 0. The van der Waals surface area contributed by atoms with Crippen molar-refractivity contribution < 1.29 is 24.7 Å². The van der Waals surface area contributed by atoms with Crippen LogP contribution in [-0.2, 0) is 16.7 Å². The van der Waals surface area contributed by atoms with Gasteiger partial charge in [0.05, 0.1) is 16.9 Å². The smallest absolute Gasteiger partial charge is 0.454 e. The zero-order valence-corrected chi connectivity index (χ0v) is 45.4. The predicted molar refractivity (Wildman–Crippen MR) is 281 cm³/mol. The first kappa shape index (κ1) is 60.4. The summed E-state index contributed by atoms with van der Waals surface area (Å²) in [4.78, 5) is 50.4. The first-order valence-corrected chi connectivity index (χ1v) is 25.8. The molecule has 24 heteroatoms. The van der Waals surface area contributed by atoms with E-state index in [9.17, 15) is 4.79 Å². The number of carbonyl (C=O) groups is 1. The number of carbonyl (C=O) groups excluding carboxylic acids is 1. The number of rotatable bonds is 8. The maximum atomic E-state index is 11.0. The molecule has 0 unspecified atom stereocenters. The van der Waals surface area contributed by atoms with Crippen LogP contribution < -0.4 is 0 Å². The van der Waals surface area contributed by atoms with Gasteiger partial charge in [-0.15, -0.1) is 0 Å². The molecule has 15 nitrogen and oxygen atoms in total. The van der Waals surface area contributed by atoms with Gasteiger partial charge in [-0.1, -0.05) is 43.6 Å². The van der Waals surface area contributed by atoms with Gasteiger partial charge in [-0.25, -0.2) is 54.6 Å². The highest BCUT2D eigenvalue weighted by Gasteiger charge is 2.33. The molecule has 0 aromatic carbocycles. The molecular weight excluding hydrogens is 1290 g/mol. The molecule has 5 aliphatic rings. The van der Waals surface area contributed by atoms with E-state index in [4.69, 9.17) is 38.4 Å². The molecule has 360 valence electrons. The Labute approximate surface area is 447 Å². The van der Waals surface area contributed by atoms with Crippen molar-refractivity contribution in [3.05, 3.63) is 117 Å². The molecule has 5 aromatic heterocycles. The van der Waals surface area contributed by atoms with Crippen LogP contribution in [0.15, 0.2) is 66.4 Å². The van der Waals surface area contributed by atoms with Crippen LogP contribution in [0, 0.1) is 0 Å². The molecule has 0 aliphatic heterocycles. The second-order valence-electron chi connectivity index (χ2n) is 14.7. The number of nitrogens with zero attached hydrogens (tertiary/aromatic N) is 10. The zero-order valence-electron chi connectivity index (χ0n) is 34.4. The number of methoxy groups -OCH3 is 1. The normalized spacial score (nSPS) is 15.2. The lowest BCUT2D eigenvalue weighted by Gasteiger charge is -1.98. The number of ether oxygens (including phenoxy) is 1. The lowest BCUT2D eigenvalue weighted by molar-refractivity contribution is 0.0586. The minimum atomic E-state index is -1.04. The molecule has 10 rings (SSSR count). The summed E-state index contributed by atoms with van der Waals surface area (Å²) >= 11 is 29.9. The Morgan fingerprint density at radius 2 is 0.909 bits per heavy atom. The summed E-state index contributed by atoms with van der Waals surface area (Å²) in [7, 11) is 0.283. The number of aromatic nitrogens is 10. The topological polar surface area (TPSA) is 216 Å². The van der Waals surface area contributed by atoms with E-state index in [1.54, 1.807) is 24.8 Å². The van der Waals surface area contributed by atoms with Crippen molar-refractivity contribution in [2.24, 2.45) is 0 Å². The van der Waals surface area contributed by atoms with Crippen LogP contribution in [0.25, 0.3) is 0 Å². The van der Waals surface area contributed by atoms with E-state index in [0.29, 0.717) is 22.9 Å².